The van der Waals surface area contributed by atoms with Crippen molar-refractivity contribution in [2.75, 3.05) is 0 Å². The molecule has 3 heteroatoms. The molecule has 0 saturated carbocycles. The standard InChI is InChI=1S/C10H23P.CH3.ClH.Pd/c1-8(2)11(9(3)4)10(5,6)7;;;/h8-9H,1-7H3;1H3;1H;/q;-1;;+2. The zero-order valence-electron chi connectivity index (χ0n) is 10.8. The summed E-state index contributed by atoms with van der Waals surface area (Å²) in [6, 6.07) is 0. The van der Waals surface area contributed by atoms with Crippen LogP contribution in [0.3, 0.4) is 0 Å². The van der Waals surface area contributed by atoms with Crippen molar-refractivity contribution in [2.24, 2.45) is 0 Å². The molecule has 0 saturated heterocycles. The average Bonchev–Trinajstić information content (AvgIpc) is 1.85. The second-order valence-electron chi connectivity index (χ2n) is 5.01. The van der Waals surface area contributed by atoms with Crippen molar-refractivity contribution < 1.29 is 18.2 Å². The van der Waals surface area contributed by atoms with Crippen molar-refractivity contribution in [3.63, 3.8) is 0 Å². The van der Waals surface area contributed by atoms with Crippen LogP contribution in [0.2, 0.25) is 0 Å². The summed E-state index contributed by atoms with van der Waals surface area (Å²) in [4.78, 5) is 0. The van der Waals surface area contributed by atoms with Crippen LogP contribution < -0.4 is 0 Å². The molecule has 0 spiro atoms. The van der Waals surface area contributed by atoms with Gasteiger partial charge in [-0.05, 0) is 48.5 Å². The first-order chi connectivity index (χ1) is 5.76. The average molecular weight is 332 g/mol. The summed E-state index contributed by atoms with van der Waals surface area (Å²) < 4.78 is 0. The summed E-state index contributed by atoms with van der Waals surface area (Å²) >= 11 is 2.22. The third-order valence-corrected chi connectivity index (χ3v) is 6.33. The van der Waals surface area contributed by atoms with E-state index in [4.69, 9.17) is 0 Å². The number of rotatable bonds is 2. The van der Waals surface area contributed by atoms with Crippen LogP contribution in [0.1, 0.15) is 48.5 Å². The maximum atomic E-state index is 4.49. The number of hydrogen-bond donors (Lipinski definition) is 0. The summed E-state index contributed by atoms with van der Waals surface area (Å²) in [5, 5.41) is 0.562. The Labute approximate surface area is 108 Å². The van der Waals surface area contributed by atoms with Crippen molar-refractivity contribution in [1.29, 1.82) is 0 Å². The Morgan fingerprint density at radius 3 is 1.14 bits per heavy atom. The Morgan fingerprint density at radius 2 is 1.14 bits per heavy atom. The number of hydrogen-bond acceptors (Lipinski definition) is 0. The Kier molecular flexibility index (Phi) is 14.2. The fourth-order valence-electron chi connectivity index (χ4n) is 2.40. The van der Waals surface area contributed by atoms with E-state index in [9.17, 15) is 0 Å². The first kappa shape index (κ1) is 20.8. The van der Waals surface area contributed by atoms with Crippen molar-refractivity contribution in [2.45, 2.75) is 64.9 Å². The third kappa shape index (κ3) is 8.67. The van der Waals surface area contributed by atoms with Crippen LogP contribution >= 0.6 is 17.5 Å². The van der Waals surface area contributed by atoms with Crippen molar-refractivity contribution in [1.82, 2.24) is 0 Å². The van der Waals surface area contributed by atoms with E-state index in [1.807, 2.05) is 0 Å². The van der Waals surface area contributed by atoms with Crippen LogP contribution in [-0.4, -0.2) is 16.5 Å². The summed E-state index contributed by atoms with van der Waals surface area (Å²) in [5.41, 5.74) is 1.81. The Morgan fingerprint density at radius 1 is 0.929 bits per heavy atom. The van der Waals surface area contributed by atoms with Gasteiger partial charge in [-0.2, -0.15) is 0 Å². The molecule has 0 aromatic heterocycles. The van der Waals surface area contributed by atoms with Crippen molar-refractivity contribution >= 4 is 17.5 Å². The molecule has 0 bridgehead atoms. The molecule has 92 valence electrons. The van der Waals surface area contributed by atoms with Gasteiger partial charge in [0, 0.05) is 7.92 Å². The monoisotopic (exact) mass is 331 g/mol. The molecule has 0 aromatic carbocycles. The van der Waals surface area contributed by atoms with Gasteiger partial charge in [-0.3, -0.25) is 0 Å². The Bertz CT molecular complexity index is 111. The molecule has 0 unspecified atom stereocenters. The first-order valence-electron chi connectivity index (χ1n) is 4.76. The van der Waals surface area contributed by atoms with Gasteiger partial charge < -0.3 is 7.43 Å². The van der Waals surface area contributed by atoms with Gasteiger partial charge in [-0.25, -0.2) is 0 Å². The van der Waals surface area contributed by atoms with Gasteiger partial charge in [0.1, 0.15) is 0 Å². The summed E-state index contributed by atoms with van der Waals surface area (Å²) in [6.07, 6.45) is 0. The molecule has 0 amide bonds. The molecule has 0 atom stereocenters. The molecular formula is C11H27ClPPd+. The molecule has 0 aliphatic carbocycles. The quantitative estimate of drug-likeness (QED) is 0.381. The van der Waals surface area contributed by atoms with Crippen LogP contribution in [0.5, 0.6) is 0 Å². The summed E-state index contributed by atoms with van der Waals surface area (Å²) in [7, 11) is 4.29. The molecule has 0 radical (unpaired) electrons. The molecule has 0 heterocycles. The number of halogens is 1. The molecule has 0 aliphatic rings. The molecular weight excluding hydrogens is 305 g/mol. The van der Waals surface area contributed by atoms with E-state index < -0.39 is 0 Å². The van der Waals surface area contributed by atoms with E-state index in [-0.39, 0.29) is 15.3 Å². The van der Waals surface area contributed by atoms with Crippen LogP contribution in [0.15, 0.2) is 0 Å². The minimum absolute atomic E-state index is 0. The van der Waals surface area contributed by atoms with Crippen LogP contribution in [0, 0.1) is 7.43 Å². The topological polar surface area (TPSA) is 0 Å². The zero-order valence-corrected chi connectivity index (χ0v) is 14.2. The van der Waals surface area contributed by atoms with E-state index >= 15 is 0 Å². The normalized spacial score (nSPS) is 11.2. The van der Waals surface area contributed by atoms with E-state index in [2.05, 4.69) is 76.2 Å². The molecule has 0 nitrogen and oxygen atoms in total. The van der Waals surface area contributed by atoms with Gasteiger partial charge in [-0.15, -0.1) is 0 Å². The van der Waals surface area contributed by atoms with Gasteiger partial charge in [0.15, 0.2) is 0 Å². The van der Waals surface area contributed by atoms with Gasteiger partial charge >= 0.3 is 27.7 Å². The predicted molar refractivity (Wildman–Crippen MR) is 70.6 cm³/mol. The minimum atomic E-state index is -0.194. The second-order valence-corrected chi connectivity index (χ2v) is 9.73. The maximum absolute atomic E-state index is 4.49. The molecule has 0 aliphatic heterocycles. The van der Waals surface area contributed by atoms with Crippen LogP contribution in [-0.2, 0) is 18.2 Å². The molecule has 14 heavy (non-hydrogen) atoms. The molecule has 0 fully saturated rings. The van der Waals surface area contributed by atoms with E-state index in [0.717, 1.165) is 11.3 Å². The summed E-state index contributed by atoms with van der Waals surface area (Å²) in [6.45, 7) is 16.7. The van der Waals surface area contributed by atoms with Gasteiger partial charge in [0.05, 0.1) is 16.5 Å². The SMILES string of the molecule is CC(C)[PH+](C(C)C)C(C)(C)C.[CH3-].[Cl][Pd+]. The second kappa shape index (κ2) is 9.60. The van der Waals surface area contributed by atoms with E-state index in [1.165, 1.54) is 0 Å². The predicted octanol–water partition coefficient (Wildman–Crippen LogP) is 4.95. The van der Waals surface area contributed by atoms with Gasteiger partial charge in [-0.1, -0.05) is 0 Å². The first-order valence-corrected chi connectivity index (χ1v) is 8.41. The van der Waals surface area contributed by atoms with E-state index in [1.54, 1.807) is 0 Å². The Balaban J connectivity index is -0.000000376. The fourth-order valence-corrected chi connectivity index (χ4v) is 7.20. The molecule has 0 rings (SSSR count). The molecule has 0 aromatic rings. The third-order valence-electron chi connectivity index (χ3n) is 2.11. The van der Waals surface area contributed by atoms with Crippen LogP contribution in [0.25, 0.3) is 0 Å². The van der Waals surface area contributed by atoms with Crippen LogP contribution in [0.4, 0.5) is 0 Å². The van der Waals surface area contributed by atoms with Gasteiger partial charge in [0.2, 0.25) is 0 Å². The Hall–Kier alpha value is 1.38. The van der Waals surface area contributed by atoms with Gasteiger partial charge in [0.25, 0.3) is 0 Å². The summed E-state index contributed by atoms with van der Waals surface area (Å²) in [5.74, 6) is 0. The van der Waals surface area contributed by atoms with Crippen molar-refractivity contribution in [3.8, 4) is 0 Å². The van der Waals surface area contributed by atoms with E-state index in [0.29, 0.717) is 5.16 Å². The fraction of sp³-hybridized carbons (Fsp3) is 0.909. The molecule has 0 N–H and O–H groups in total. The zero-order chi connectivity index (χ0) is 11.2. The van der Waals surface area contributed by atoms with Crippen molar-refractivity contribution in [3.05, 3.63) is 7.43 Å².